The van der Waals surface area contributed by atoms with Crippen molar-refractivity contribution in [2.45, 2.75) is 65.0 Å². The Bertz CT molecular complexity index is 612. The third kappa shape index (κ3) is 8.69. The van der Waals surface area contributed by atoms with E-state index in [-0.39, 0.29) is 12.8 Å². The predicted molar refractivity (Wildman–Crippen MR) is 92.1 cm³/mol. The van der Waals surface area contributed by atoms with E-state index < -0.39 is 54.3 Å². The van der Waals surface area contributed by atoms with Crippen molar-refractivity contribution in [2.24, 2.45) is 5.92 Å². The van der Waals surface area contributed by atoms with Crippen molar-refractivity contribution < 1.29 is 43.0 Å². The van der Waals surface area contributed by atoms with E-state index in [2.05, 4.69) is 14.9 Å². The second-order valence-electron chi connectivity index (χ2n) is 7.15. The van der Waals surface area contributed by atoms with Crippen LogP contribution in [0.2, 0.25) is 0 Å². The van der Waals surface area contributed by atoms with Crippen LogP contribution in [0.15, 0.2) is 0 Å². The molecule has 11 nitrogen and oxygen atoms in total. The maximum atomic E-state index is 12.1. The van der Waals surface area contributed by atoms with E-state index in [9.17, 15) is 24.0 Å². The van der Waals surface area contributed by atoms with Gasteiger partial charge in [0.15, 0.2) is 5.92 Å². The van der Waals surface area contributed by atoms with E-state index in [1.54, 1.807) is 20.8 Å². The highest BCUT2D eigenvalue weighted by molar-refractivity contribution is 5.95. The standard InChI is InChI=1S/C17H26N2O9/c1-10(18-16(24)27-17(2,3)4)13(21)19-28-15(23)11-7-5-6-8-12(20)25-9-26-14(11)22/h10-11H,5-9H2,1-4H3,(H,18,24)(H,19,21)/t10-,11?/m0/s1. The highest BCUT2D eigenvalue weighted by atomic mass is 16.7. The highest BCUT2D eigenvalue weighted by Gasteiger charge is 2.32. The molecule has 0 aliphatic carbocycles. The fourth-order valence-electron chi connectivity index (χ4n) is 2.09. The van der Waals surface area contributed by atoms with Gasteiger partial charge in [0.05, 0.1) is 0 Å². The molecule has 1 saturated heterocycles. The molecule has 11 heteroatoms. The number of carbonyl (C=O) groups excluding carboxylic acids is 5. The highest BCUT2D eigenvalue weighted by Crippen LogP contribution is 2.15. The van der Waals surface area contributed by atoms with Crippen LogP contribution < -0.4 is 10.8 Å². The number of carbonyl (C=O) groups is 5. The van der Waals surface area contributed by atoms with Gasteiger partial charge in [0.25, 0.3) is 5.91 Å². The SMILES string of the molecule is C[C@H](NC(=O)OC(C)(C)C)C(=O)NOC(=O)C1CCCCC(=O)OCOC1=O. The van der Waals surface area contributed by atoms with Gasteiger partial charge in [-0.3, -0.25) is 14.4 Å². The van der Waals surface area contributed by atoms with Crippen molar-refractivity contribution in [2.75, 3.05) is 6.79 Å². The van der Waals surface area contributed by atoms with E-state index in [1.807, 2.05) is 5.48 Å². The second-order valence-corrected chi connectivity index (χ2v) is 7.15. The fourth-order valence-corrected chi connectivity index (χ4v) is 2.09. The molecule has 1 heterocycles. The molecular formula is C17H26N2O9. The summed E-state index contributed by atoms with van der Waals surface area (Å²) in [6, 6.07) is -1.06. The number of alkyl carbamates (subject to hydrolysis) is 1. The van der Waals surface area contributed by atoms with Crippen molar-refractivity contribution in [1.29, 1.82) is 0 Å². The zero-order valence-electron chi connectivity index (χ0n) is 16.4. The molecular weight excluding hydrogens is 376 g/mol. The molecule has 0 aromatic rings. The Morgan fingerprint density at radius 1 is 1.14 bits per heavy atom. The number of nitrogens with one attached hydrogen (secondary N) is 2. The maximum Gasteiger partial charge on any atom is 0.408 e. The Morgan fingerprint density at radius 3 is 2.46 bits per heavy atom. The van der Waals surface area contributed by atoms with Crippen LogP contribution in [0.5, 0.6) is 0 Å². The minimum atomic E-state index is -1.27. The van der Waals surface area contributed by atoms with Crippen molar-refractivity contribution >= 4 is 29.9 Å². The average molecular weight is 402 g/mol. The van der Waals surface area contributed by atoms with Gasteiger partial charge in [0, 0.05) is 6.42 Å². The number of hydrogen-bond acceptors (Lipinski definition) is 9. The lowest BCUT2D eigenvalue weighted by Crippen LogP contribution is -2.47. The van der Waals surface area contributed by atoms with Crippen LogP contribution in [-0.4, -0.2) is 48.3 Å². The summed E-state index contributed by atoms with van der Waals surface area (Å²) in [6.45, 7) is 5.76. The Morgan fingerprint density at radius 2 is 1.82 bits per heavy atom. The monoisotopic (exact) mass is 402 g/mol. The minimum Gasteiger partial charge on any atom is -0.444 e. The summed E-state index contributed by atoms with van der Waals surface area (Å²) >= 11 is 0. The molecule has 0 spiro atoms. The molecule has 0 saturated carbocycles. The van der Waals surface area contributed by atoms with Gasteiger partial charge in [-0.05, 0) is 40.5 Å². The van der Waals surface area contributed by atoms with Gasteiger partial charge >= 0.3 is 24.0 Å². The number of amides is 2. The molecule has 2 N–H and O–H groups in total. The summed E-state index contributed by atoms with van der Waals surface area (Å²) in [6.07, 6.45) is 0.233. The molecule has 158 valence electrons. The van der Waals surface area contributed by atoms with Gasteiger partial charge in [0.1, 0.15) is 11.6 Å². The number of hydroxylamine groups is 1. The van der Waals surface area contributed by atoms with E-state index in [4.69, 9.17) is 9.47 Å². The summed E-state index contributed by atoms with van der Waals surface area (Å²) < 4.78 is 14.4. The van der Waals surface area contributed by atoms with Gasteiger partial charge in [-0.25, -0.2) is 9.59 Å². The third-order valence-electron chi connectivity index (χ3n) is 3.49. The summed E-state index contributed by atoms with van der Waals surface area (Å²) in [5, 5.41) is 2.28. The number of hydrogen-bond donors (Lipinski definition) is 2. The van der Waals surface area contributed by atoms with Crippen LogP contribution in [0.25, 0.3) is 0 Å². The molecule has 0 aromatic heterocycles. The fraction of sp³-hybridized carbons (Fsp3) is 0.706. The molecule has 1 fully saturated rings. The van der Waals surface area contributed by atoms with Crippen LogP contribution in [0, 0.1) is 5.92 Å². The molecule has 2 atom stereocenters. The third-order valence-corrected chi connectivity index (χ3v) is 3.49. The Hall–Kier alpha value is -2.85. The molecule has 1 rings (SSSR count). The molecule has 28 heavy (non-hydrogen) atoms. The molecule has 1 aliphatic rings. The van der Waals surface area contributed by atoms with Crippen LogP contribution in [-0.2, 0) is 38.2 Å². The minimum absolute atomic E-state index is 0.0898. The lowest BCUT2D eigenvalue weighted by atomic mass is 10.0. The van der Waals surface area contributed by atoms with Crippen molar-refractivity contribution in [1.82, 2.24) is 10.8 Å². The second kappa shape index (κ2) is 10.5. The summed E-state index contributed by atoms with van der Waals surface area (Å²) in [4.78, 5) is 63.5. The quantitative estimate of drug-likeness (QED) is 0.301. The molecule has 0 bridgehead atoms. The number of esters is 2. The summed E-state index contributed by atoms with van der Waals surface area (Å²) in [5.41, 5.74) is 1.15. The van der Waals surface area contributed by atoms with Gasteiger partial charge in [-0.15, -0.1) is 0 Å². The van der Waals surface area contributed by atoms with Gasteiger partial charge in [-0.1, -0.05) is 6.42 Å². The molecule has 2 amide bonds. The normalized spacial score (nSPS) is 19.4. The largest absolute Gasteiger partial charge is 0.444 e. The average Bonchev–Trinajstić information content (AvgIpc) is 2.57. The van der Waals surface area contributed by atoms with Crippen molar-refractivity contribution in [3.63, 3.8) is 0 Å². The lowest BCUT2D eigenvalue weighted by molar-refractivity contribution is -0.179. The zero-order valence-corrected chi connectivity index (χ0v) is 16.4. The molecule has 0 aromatic carbocycles. The zero-order chi connectivity index (χ0) is 21.3. The Balaban J connectivity index is 2.51. The molecule has 1 aliphatic heterocycles. The topological polar surface area (TPSA) is 146 Å². The van der Waals surface area contributed by atoms with E-state index >= 15 is 0 Å². The van der Waals surface area contributed by atoms with Crippen LogP contribution >= 0.6 is 0 Å². The van der Waals surface area contributed by atoms with Crippen molar-refractivity contribution in [3.8, 4) is 0 Å². The van der Waals surface area contributed by atoms with E-state index in [0.717, 1.165) is 0 Å². The van der Waals surface area contributed by atoms with Gasteiger partial charge in [0.2, 0.25) is 6.79 Å². The van der Waals surface area contributed by atoms with Crippen LogP contribution in [0.3, 0.4) is 0 Å². The van der Waals surface area contributed by atoms with Crippen molar-refractivity contribution in [3.05, 3.63) is 0 Å². The number of rotatable bonds is 3. The Kier molecular flexibility index (Phi) is 8.68. The van der Waals surface area contributed by atoms with Gasteiger partial charge < -0.3 is 24.4 Å². The first kappa shape index (κ1) is 23.2. The lowest BCUT2D eigenvalue weighted by Gasteiger charge is -2.21. The first-order valence-corrected chi connectivity index (χ1v) is 8.82. The maximum absolute atomic E-state index is 12.1. The molecule has 0 radical (unpaired) electrons. The van der Waals surface area contributed by atoms with E-state index in [1.165, 1.54) is 6.92 Å². The Labute approximate surface area is 162 Å². The number of cyclic esters (lactones) is 2. The van der Waals surface area contributed by atoms with E-state index in [0.29, 0.717) is 12.8 Å². The first-order chi connectivity index (χ1) is 13.0. The summed E-state index contributed by atoms with van der Waals surface area (Å²) in [5.74, 6) is -4.52. The van der Waals surface area contributed by atoms with Gasteiger partial charge in [-0.2, -0.15) is 5.48 Å². The molecule has 1 unspecified atom stereocenters. The first-order valence-electron chi connectivity index (χ1n) is 8.82. The summed E-state index contributed by atoms with van der Waals surface area (Å²) in [7, 11) is 0. The predicted octanol–water partition coefficient (Wildman–Crippen LogP) is 0.708. The smallest absolute Gasteiger partial charge is 0.408 e. The van der Waals surface area contributed by atoms with Crippen LogP contribution in [0.4, 0.5) is 4.79 Å². The van der Waals surface area contributed by atoms with Crippen LogP contribution in [0.1, 0.15) is 53.4 Å². The number of ether oxygens (including phenoxy) is 3.